The number of hydrogen-bond donors (Lipinski definition) is 4. The molecule has 22 heteroatoms. The van der Waals surface area contributed by atoms with E-state index in [-0.39, 0.29) is 18.5 Å². The predicted octanol–water partition coefficient (Wildman–Crippen LogP) is 1.89. The number of esters is 1. The van der Waals surface area contributed by atoms with Crippen molar-refractivity contribution in [1.82, 2.24) is 0 Å². The first kappa shape index (κ1) is 35.5. The van der Waals surface area contributed by atoms with Gasteiger partial charge in [0.2, 0.25) is 0 Å². The highest BCUT2D eigenvalue weighted by atomic mass is 16.7. The van der Waals surface area contributed by atoms with Gasteiger partial charge in [-0.2, -0.15) is 0 Å². The molecule has 0 amide bonds. The molecule has 0 spiro atoms. The number of hydrogen-bond acceptors (Lipinski definition) is 14. The zero-order valence-corrected chi connectivity index (χ0v) is 24.7. The molecule has 2 saturated heterocycles. The Labute approximate surface area is 265 Å². The van der Waals surface area contributed by atoms with Gasteiger partial charge in [0.25, 0.3) is 0 Å². The summed E-state index contributed by atoms with van der Waals surface area (Å²) in [5.74, 6) is -1.34. The Morgan fingerprint density at radius 2 is 1.47 bits per heavy atom. The van der Waals surface area contributed by atoms with Crippen LogP contribution >= 0.6 is 0 Å². The molecule has 4 N–H and O–H groups in total. The van der Waals surface area contributed by atoms with Crippen molar-refractivity contribution in [3.8, 4) is 0 Å². The number of nitrogens with zero attached hydrogens (tertiary/aromatic N) is 12. The number of azide groups is 4. The molecule has 252 valence electrons. The fourth-order valence-electron chi connectivity index (χ4n) is 5.72. The van der Waals surface area contributed by atoms with E-state index in [2.05, 4.69) is 40.1 Å². The SMILES string of the molecule is C[C@@H]1C(OC(=O)c2ccccc2)[C@H](OC2[C@H](O)C(CO)O[C@H](O[C@@H]3C(N=[N+]=[N-])C[C@@H](N=[N+]=[N-])[C@@H](O)C3O)[C@H]2N=[N+]=[N-])O[C@@H]1CN=[N+]=[N-]. The number of benzene rings is 1. The van der Waals surface area contributed by atoms with Gasteiger partial charge in [-0.05, 0) is 40.7 Å². The van der Waals surface area contributed by atoms with Crippen molar-refractivity contribution in [1.29, 1.82) is 0 Å². The average Bonchev–Trinajstić information content (AvgIpc) is 3.36. The fraction of sp³-hybridized carbons (Fsp3) is 0.720. The van der Waals surface area contributed by atoms with Crippen LogP contribution in [0.3, 0.4) is 0 Å². The third-order valence-corrected chi connectivity index (χ3v) is 8.19. The van der Waals surface area contributed by atoms with E-state index >= 15 is 0 Å². The summed E-state index contributed by atoms with van der Waals surface area (Å²) < 4.78 is 29.4. The summed E-state index contributed by atoms with van der Waals surface area (Å²) in [6, 6.07) is 4.05. The summed E-state index contributed by atoms with van der Waals surface area (Å²) in [6.07, 6.45) is -15.0. The van der Waals surface area contributed by atoms with E-state index < -0.39 is 98.0 Å². The molecule has 0 aromatic heterocycles. The van der Waals surface area contributed by atoms with Gasteiger partial charge in [-0.25, -0.2) is 4.79 Å². The predicted molar refractivity (Wildman–Crippen MR) is 154 cm³/mol. The Morgan fingerprint density at radius 1 is 0.830 bits per heavy atom. The van der Waals surface area contributed by atoms with Gasteiger partial charge in [-0.3, -0.25) is 0 Å². The van der Waals surface area contributed by atoms with E-state index in [1.54, 1.807) is 25.1 Å². The summed E-state index contributed by atoms with van der Waals surface area (Å²) in [5, 5.41) is 56.8. The highest BCUT2D eigenvalue weighted by Crippen LogP contribution is 2.37. The second-order valence-electron chi connectivity index (χ2n) is 10.9. The molecule has 22 nitrogen and oxygen atoms in total. The quantitative estimate of drug-likeness (QED) is 0.109. The third kappa shape index (κ3) is 7.95. The number of rotatable bonds is 12. The summed E-state index contributed by atoms with van der Waals surface area (Å²) in [6.45, 7) is 0.691. The minimum absolute atomic E-state index is 0.169. The largest absolute Gasteiger partial charge is 0.453 e. The van der Waals surface area contributed by atoms with Crippen molar-refractivity contribution in [2.45, 2.75) is 92.9 Å². The van der Waals surface area contributed by atoms with Crippen LogP contribution in [0, 0.1) is 5.92 Å². The fourth-order valence-corrected chi connectivity index (χ4v) is 5.72. The highest BCUT2D eigenvalue weighted by Gasteiger charge is 2.54. The lowest BCUT2D eigenvalue weighted by molar-refractivity contribution is -0.316. The van der Waals surface area contributed by atoms with Crippen LogP contribution < -0.4 is 0 Å². The molecule has 0 radical (unpaired) electrons. The van der Waals surface area contributed by atoms with Crippen LogP contribution in [0.15, 0.2) is 50.8 Å². The van der Waals surface area contributed by atoms with Gasteiger partial charge >= 0.3 is 5.97 Å². The van der Waals surface area contributed by atoms with Crippen molar-refractivity contribution < 1.29 is 48.9 Å². The Bertz CT molecular complexity index is 1430. The van der Waals surface area contributed by atoms with E-state index in [0.717, 1.165) is 0 Å². The van der Waals surface area contributed by atoms with Gasteiger partial charge in [0, 0.05) is 25.6 Å². The first-order valence-corrected chi connectivity index (χ1v) is 14.3. The molecule has 5 unspecified atom stereocenters. The Balaban J connectivity index is 1.65. The molecule has 3 fully saturated rings. The third-order valence-electron chi connectivity index (χ3n) is 8.19. The van der Waals surface area contributed by atoms with E-state index in [0.29, 0.717) is 0 Å². The van der Waals surface area contributed by atoms with Gasteiger partial charge in [-0.1, -0.05) is 45.6 Å². The zero-order chi connectivity index (χ0) is 34.1. The maximum absolute atomic E-state index is 13.0. The summed E-state index contributed by atoms with van der Waals surface area (Å²) in [4.78, 5) is 23.9. The average molecular weight is 661 g/mol. The number of carbonyl (C=O) groups excluding carboxylic acids is 1. The van der Waals surface area contributed by atoms with E-state index in [1.165, 1.54) is 12.1 Å². The van der Waals surface area contributed by atoms with Crippen LogP contribution in [-0.2, 0) is 23.7 Å². The molecule has 1 aromatic carbocycles. The lowest BCUT2D eigenvalue weighted by Gasteiger charge is -2.46. The lowest BCUT2D eigenvalue weighted by atomic mass is 9.84. The maximum Gasteiger partial charge on any atom is 0.338 e. The minimum Gasteiger partial charge on any atom is -0.453 e. The summed E-state index contributed by atoms with van der Waals surface area (Å²) in [7, 11) is 0. The van der Waals surface area contributed by atoms with Crippen molar-refractivity contribution in [2.24, 2.45) is 26.4 Å². The number of carbonyl (C=O) groups is 1. The van der Waals surface area contributed by atoms with E-state index in [4.69, 9.17) is 40.3 Å². The first-order valence-electron chi connectivity index (χ1n) is 14.3. The van der Waals surface area contributed by atoms with Crippen LogP contribution in [0.5, 0.6) is 0 Å². The highest BCUT2D eigenvalue weighted by molar-refractivity contribution is 5.89. The molecule has 1 saturated carbocycles. The topological polar surface area (TPSA) is 339 Å². The van der Waals surface area contributed by atoms with Gasteiger partial charge in [-0.15, -0.1) is 0 Å². The van der Waals surface area contributed by atoms with Crippen LogP contribution in [0.2, 0.25) is 0 Å². The standard InChI is InChI=1S/C25H32N12O10/c1-10-14(8-30-34-26)43-25(20(10)45-23(42)11-5-3-2-4-6-11)47-22-16(33-37-29)24(44-15(9-38)18(22)40)46-21-13(32-36-28)7-12(31-35-27)17(39)19(21)41/h2-6,10,12-22,24-25,38-41H,7-9H2,1H3/t10-,12+,13?,14+,15?,16-,17+,18+,19?,20?,21+,22?,24+,25-/m0/s1. The van der Waals surface area contributed by atoms with Crippen LogP contribution in [0.25, 0.3) is 41.8 Å². The molecule has 3 aliphatic rings. The maximum atomic E-state index is 13.0. The molecule has 1 aliphatic carbocycles. The Hall–Kier alpha value is -4.39. The van der Waals surface area contributed by atoms with Gasteiger partial charge < -0.3 is 44.1 Å². The molecule has 4 rings (SSSR count). The number of aliphatic hydroxyl groups is 4. The molecular weight excluding hydrogens is 628 g/mol. The van der Waals surface area contributed by atoms with Crippen LogP contribution in [0.4, 0.5) is 0 Å². The molecule has 47 heavy (non-hydrogen) atoms. The van der Waals surface area contributed by atoms with Crippen molar-refractivity contribution in [3.63, 3.8) is 0 Å². The zero-order valence-electron chi connectivity index (χ0n) is 24.7. The van der Waals surface area contributed by atoms with Gasteiger partial charge in [0.1, 0.15) is 30.5 Å². The summed E-state index contributed by atoms with van der Waals surface area (Å²) >= 11 is 0. The van der Waals surface area contributed by atoms with Crippen molar-refractivity contribution in [2.75, 3.05) is 13.2 Å². The van der Waals surface area contributed by atoms with Crippen LogP contribution in [0.1, 0.15) is 23.7 Å². The van der Waals surface area contributed by atoms with E-state index in [9.17, 15) is 30.8 Å². The lowest BCUT2D eigenvalue weighted by Crippen LogP contribution is -2.63. The summed E-state index contributed by atoms with van der Waals surface area (Å²) in [5.41, 5.74) is 36.5. The number of aliphatic hydroxyl groups excluding tert-OH is 4. The molecule has 2 aliphatic heterocycles. The van der Waals surface area contributed by atoms with Crippen molar-refractivity contribution >= 4 is 5.97 Å². The monoisotopic (exact) mass is 660 g/mol. The van der Waals surface area contributed by atoms with Gasteiger partial charge in [0.05, 0.1) is 49.1 Å². The molecule has 14 atom stereocenters. The molecular formula is C25H32N12O10. The molecule has 0 bridgehead atoms. The normalized spacial score (nSPS) is 38.1. The smallest absolute Gasteiger partial charge is 0.338 e. The minimum atomic E-state index is -1.80. The molecule has 2 heterocycles. The van der Waals surface area contributed by atoms with Crippen LogP contribution in [-0.4, -0.2) is 119 Å². The van der Waals surface area contributed by atoms with Gasteiger partial charge in [0.15, 0.2) is 18.7 Å². The second kappa shape index (κ2) is 16.4. The Kier molecular flexibility index (Phi) is 12.4. The Morgan fingerprint density at radius 3 is 2.11 bits per heavy atom. The molecule has 1 aromatic rings. The number of ether oxygens (including phenoxy) is 5. The first-order chi connectivity index (χ1) is 22.7. The van der Waals surface area contributed by atoms with E-state index in [1.807, 2.05) is 0 Å². The second-order valence-corrected chi connectivity index (χ2v) is 10.9. The van der Waals surface area contributed by atoms with Crippen molar-refractivity contribution in [3.05, 3.63) is 77.7 Å².